The average Bonchev–Trinajstić information content (AvgIpc) is 3.36. The molecule has 1 aliphatic heterocycles. The van der Waals surface area contributed by atoms with Crippen LogP contribution < -0.4 is 5.73 Å². The lowest BCUT2D eigenvalue weighted by Gasteiger charge is -2.32. The van der Waals surface area contributed by atoms with E-state index in [9.17, 15) is 4.79 Å². The Kier molecular flexibility index (Phi) is 5.34. The maximum absolute atomic E-state index is 12.7. The Morgan fingerprint density at radius 2 is 2.04 bits per heavy atom. The van der Waals surface area contributed by atoms with E-state index in [0.29, 0.717) is 24.5 Å². The highest BCUT2D eigenvalue weighted by Crippen LogP contribution is 2.49. The fraction of sp³-hybridized carbons (Fsp3) is 0.632. The van der Waals surface area contributed by atoms with Gasteiger partial charge >= 0.3 is 0 Å². The van der Waals surface area contributed by atoms with Gasteiger partial charge < -0.3 is 15.4 Å². The van der Waals surface area contributed by atoms with Crippen LogP contribution in [-0.2, 0) is 9.53 Å². The number of aryl methyl sites for hydroxylation is 1. The van der Waals surface area contributed by atoms with E-state index in [-0.39, 0.29) is 5.92 Å². The molecule has 1 aromatic carbocycles. The predicted molar refractivity (Wildman–Crippen MR) is 91.3 cm³/mol. The maximum atomic E-state index is 12.7. The predicted octanol–water partition coefficient (Wildman–Crippen LogP) is 2.45. The van der Waals surface area contributed by atoms with Gasteiger partial charge in [0.05, 0.1) is 6.10 Å². The number of hydrogen-bond acceptors (Lipinski definition) is 3. The zero-order chi connectivity index (χ0) is 16.2. The number of nitrogens with two attached hydrogens (primary N) is 1. The number of likely N-dealkylation sites (tertiary alicyclic amines) is 1. The van der Waals surface area contributed by atoms with Crippen LogP contribution in [0, 0.1) is 12.8 Å². The highest BCUT2D eigenvalue weighted by molar-refractivity contribution is 5.83. The standard InChI is InChI=1S/C19H28N2O2/c1-14-5-2-3-6-16(14)17-13-18(17)19(22)21-10-7-15(8-11-21)23-12-4-9-20/h2-3,5-6,15,17-18H,4,7-13,20H2,1H3. The van der Waals surface area contributed by atoms with E-state index in [0.717, 1.165) is 45.4 Å². The minimum atomic E-state index is 0.200. The van der Waals surface area contributed by atoms with Crippen molar-refractivity contribution in [2.45, 2.75) is 44.6 Å². The smallest absolute Gasteiger partial charge is 0.226 e. The number of hydrogen-bond donors (Lipinski definition) is 1. The van der Waals surface area contributed by atoms with E-state index in [4.69, 9.17) is 10.5 Å². The Hall–Kier alpha value is -1.39. The fourth-order valence-corrected chi connectivity index (χ4v) is 3.63. The molecular weight excluding hydrogens is 288 g/mol. The van der Waals surface area contributed by atoms with Gasteiger partial charge in [-0.05, 0) is 56.2 Å². The molecule has 2 aliphatic rings. The Balaban J connectivity index is 1.47. The molecule has 23 heavy (non-hydrogen) atoms. The van der Waals surface area contributed by atoms with Crippen LogP contribution in [0.1, 0.15) is 42.7 Å². The van der Waals surface area contributed by atoms with Crippen LogP contribution >= 0.6 is 0 Å². The zero-order valence-corrected chi connectivity index (χ0v) is 14.0. The molecule has 0 radical (unpaired) electrons. The van der Waals surface area contributed by atoms with Crippen molar-refractivity contribution in [2.24, 2.45) is 11.7 Å². The molecule has 1 heterocycles. The van der Waals surface area contributed by atoms with E-state index in [1.807, 2.05) is 4.90 Å². The van der Waals surface area contributed by atoms with Gasteiger partial charge in [-0.3, -0.25) is 4.79 Å². The number of carbonyl (C=O) groups is 1. The number of amides is 1. The number of nitrogens with zero attached hydrogens (tertiary/aromatic N) is 1. The molecule has 1 amide bonds. The largest absolute Gasteiger partial charge is 0.378 e. The van der Waals surface area contributed by atoms with Crippen molar-refractivity contribution in [3.63, 3.8) is 0 Å². The van der Waals surface area contributed by atoms with Gasteiger partial charge in [0.1, 0.15) is 0 Å². The summed E-state index contributed by atoms with van der Waals surface area (Å²) in [4.78, 5) is 14.7. The zero-order valence-electron chi connectivity index (χ0n) is 14.0. The van der Waals surface area contributed by atoms with E-state index in [2.05, 4.69) is 31.2 Å². The summed E-state index contributed by atoms with van der Waals surface area (Å²) in [7, 11) is 0. The van der Waals surface area contributed by atoms with Gasteiger partial charge in [0.2, 0.25) is 5.91 Å². The lowest BCUT2D eigenvalue weighted by molar-refractivity contribution is -0.135. The average molecular weight is 316 g/mol. The van der Waals surface area contributed by atoms with Crippen molar-refractivity contribution in [3.05, 3.63) is 35.4 Å². The quantitative estimate of drug-likeness (QED) is 0.820. The van der Waals surface area contributed by atoms with Gasteiger partial charge in [0.15, 0.2) is 0 Å². The molecule has 126 valence electrons. The van der Waals surface area contributed by atoms with Gasteiger partial charge in [-0.25, -0.2) is 0 Å². The minimum absolute atomic E-state index is 0.200. The van der Waals surface area contributed by atoms with Crippen LogP contribution in [0.15, 0.2) is 24.3 Å². The lowest BCUT2D eigenvalue weighted by Crippen LogP contribution is -2.42. The molecule has 0 bridgehead atoms. The van der Waals surface area contributed by atoms with E-state index in [1.54, 1.807) is 0 Å². The monoisotopic (exact) mass is 316 g/mol. The Labute approximate surface area is 139 Å². The molecule has 2 unspecified atom stereocenters. The minimum Gasteiger partial charge on any atom is -0.378 e. The SMILES string of the molecule is Cc1ccccc1C1CC1C(=O)N1CCC(OCCCN)CC1. The van der Waals surface area contributed by atoms with Crippen molar-refractivity contribution < 1.29 is 9.53 Å². The first kappa shape index (κ1) is 16.5. The number of carbonyl (C=O) groups excluding carboxylic acids is 1. The van der Waals surface area contributed by atoms with E-state index < -0.39 is 0 Å². The van der Waals surface area contributed by atoms with Gasteiger partial charge in [0.25, 0.3) is 0 Å². The molecule has 1 saturated carbocycles. The van der Waals surface area contributed by atoms with Crippen LogP contribution in [-0.4, -0.2) is 43.2 Å². The van der Waals surface area contributed by atoms with Gasteiger partial charge in [0, 0.05) is 25.6 Å². The summed E-state index contributed by atoms with van der Waals surface area (Å²) in [5.41, 5.74) is 8.14. The van der Waals surface area contributed by atoms with Crippen molar-refractivity contribution >= 4 is 5.91 Å². The molecular formula is C19H28N2O2. The fourth-order valence-electron chi connectivity index (χ4n) is 3.63. The highest BCUT2D eigenvalue weighted by Gasteiger charge is 2.46. The third kappa shape index (κ3) is 3.93. The third-order valence-electron chi connectivity index (χ3n) is 5.15. The van der Waals surface area contributed by atoms with Crippen molar-refractivity contribution in [1.82, 2.24) is 4.90 Å². The first-order valence-corrected chi connectivity index (χ1v) is 8.86. The van der Waals surface area contributed by atoms with Crippen LogP contribution in [0.4, 0.5) is 0 Å². The number of benzene rings is 1. The van der Waals surface area contributed by atoms with E-state index >= 15 is 0 Å². The summed E-state index contributed by atoms with van der Waals surface area (Å²) < 4.78 is 5.82. The molecule has 0 aromatic heterocycles. The summed E-state index contributed by atoms with van der Waals surface area (Å²) in [5.74, 6) is 0.978. The van der Waals surface area contributed by atoms with Crippen LogP contribution in [0.3, 0.4) is 0 Å². The molecule has 4 heteroatoms. The molecule has 2 N–H and O–H groups in total. The second-order valence-corrected chi connectivity index (χ2v) is 6.84. The van der Waals surface area contributed by atoms with E-state index in [1.165, 1.54) is 11.1 Å². The second-order valence-electron chi connectivity index (χ2n) is 6.84. The summed E-state index contributed by atoms with van der Waals surface area (Å²) in [6, 6.07) is 8.45. The van der Waals surface area contributed by atoms with Gasteiger partial charge in [-0.15, -0.1) is 0 Å². The second kappa shape index (κ2) is 7.45. The molecule has 3 rings (SSSR count). The van der Waals surface area contributed by atoms with Crippen LogP contribution in [0.25, 0.3) is 0 Å². The molecule has 1 aliphatic carbocycles. The molecule has 1 aromatic rings. The first-order valence-electron chi connectivity index (χ1n) is 8.86. The molecule has 2 fully saturated rings. The lowest BCUT2D eigenvalue weighted by atomic mass is 10.0. The molecule has 1 saturated heterocycles. The highest BCUT2D eigenvalue weighted by atomic mass is 16.5. The summed E-state index contributed by atoms with van der Waals surface area (Å²) in [5, 5.41) is 0. The normalized spacial score (nSPS) is 24.7. The molecule has 2 atom stereocenters. The number of ether oxygens (including phenoxy) is 1. The summed E-state index contributed by atoms with van der Waals surface area (Å²) in [6.07, 6.45) is 4.14. The number of piperidine rings is 1. The molecule has 4 nitrogen and oxygen atoms in total. The topological polar surface area (TPSA) is 55.6 Å². The van der Waals surface area contributed by atoms with Crippen molar-refractivity contribution in [3.8, 4) is 0 Å². The Morgan fingerprint density at radius 3 is 2.74 bits per heavy atom. The first-order chi connectivity index (χ1) is 11.2. The molecule has 0 spiro atoms. The van der Waals surface area contributed by atoms with Crippen LogP contribution in [0.2, 0.25) is 0 Å². The summed E-state index contributed by atoms with van der Waals surface area (Å²) in [6.45, 7) is 5.23. The van der Waals surface area contributed by atoms with Crippen molar-refractivity contribution in [2.75, 3.05) is 26.2 Å². The summed E-state index contributed by atoms with van der Waals surface area (Å²) >= 11 is 0. The number of rotatable bonds is 6. The van der Waals surface area contributed by atoms with Crippen LogP contribution in [0.5, 0.6) is 0 Å². The Bertz CT molecular complexity index is 538. The Morgan fingerprint density at radius 1 is 1.30 bits per heavy atom. The van der Waals surface area contributed by atoms with Crippen molar-refractivity contribution in [1.29, 1.82) is 0 Å². The van der Waals surface area contributed by atoms with Gasteiger partial charge in [-0.1, -0.05) is 24.3 Å². The third-order valence-corrected chi connectivity index (χ3v) is 5.15. The maximum Gasteiger partial charge on any atom is 0.226 e. The van der Waals surface area contributed by atoms with Gasteiger partial charge in [-0.2, -0.15) is 0 Å².